The van der Waals surface area contributed by atoms with Crippen LogP contribution in [-0.2, 0) is 13.1 Å². The molecular weight excluding hydrogens is 391 g/mol. The van der Waals surface area contributed by atoms with Gasteiger partial charge in [-0.15, -0.1) is 0 Å². The summed E-state index contributed by atoms with van der Waals surface area (Å²) in [7, 11) is 0. The standard InChI is InChI=1S/C22H32Cl2N4/c23-19-11-13-21(25)27(17-19)15-9-7-5-3-1-2-4-6-8-10-16-28-18-20(24)12-14-22(28)26/h11-14,17-18,25-26H,1-10,15-16H2. The Morgan fingerprint density at radius 2 is 0.857 bits per heavy atom. The monoisotopic (exact) mass is 422 g/mol. The van der Waals surface area contributed by atoms with Gasteiger partial charge in [-0.2, -0.15) is 0 Å². The zero-order valence-corrected chi connectivity index (χ0v) is 18.1. The van der Waals surface area contributed by atoms with E-state index in [0.29, 0.717) is 21.0 Å². The molecule has 0 aromatic carbocycles. The highest BCUT2D eigenvalue weighted by Crippen LogP contribution is 2.12. The lowest BCUT2D eigenvalue weighted by Crippen LogP contribution is -2.18. The summed E-state index contributed by atoms with van der Waals surface area (Å²) in [6.07, 6.45) is 16.1. The van der Waals surface area contributed by atoms with Gasteiger partial charge in [0.25, 0.3) is 0 Å². The summed E-state index contributed by atoms with van der Waals surface area (Å²) in [6, 6.07) is 7.04. The quantitative estimate of drug-likeness (QED) is 0.363. The highest BCUT2D eigenvalue weighted by molar-refractivity contribution is 6.30. The maximum atomic E-state index is 7.86. The Bertz CT molecular complexity index is 756. The molecule has 0 aliphatic rings. The van der Waals surface area contributed by atoms with E-state index in [1.54, 1.807) is 24.3 Å². The van der Waals surface area contributed by atoms with Gasteiger partial charge in [-0.3, -0.25) is 10.8 Å². The smallest absolute Gasteiger partial charge is 0.124 e. The molecule has 4 nitrogen and oxygen atoms in total. The normalized spacial score (nSPS) is 11.1. The van der Waals surface area contributed by atoms with Gasteiger partial charge in [-0.05, 0) is 37.1 Å². The third kappa shape index (κ3) is 8.66. The molecule has 2 aromatic heterocycles. The molecule has 0 fully saturated rings. The number of aromatic nitrogens is 2. The van der Waals surface area contributed by atoms with Crippen molar-refractivity contribution >= 4 is 23.2 Å². The first-order chi connectivity index (χ1) is 13.6. The van der Waals surface area contributed by atoms with Gasteiger partial charge in [0.15, 0.2) is 0 Å². The van der Waals surface area contributed by atoms with E-state index in [-0.39, 0.29) is 0 Å². The van der Waals surface area contributed by atoms with Gasteiger partial charge in [-0.25, -0.2) is 0 Å². The van der Waals surface area contributed by atoms with Crippen molar-refractivity contribution in [2.24, 2.45) is 0 Å². The number of hydrogen-bond donors (Lipinski definition) is 2. The molecule has 0 atom stereocenters. The summed E-state index contributed by atoms with van der Waals surface area (Å²) in [6.45, 7) is 1.76. The second-order valence-electron chi connectivity index (χ2n) is 7.39. The van der Waals surface area contributed by atoms with E-state index in [0.717, 1.165) is 25.9 Å². The Balaban J connectivity index is 1.42. The molecule has 0 saturated heterocycles. The summed E-state index contributed by atoms with van der Waals surface area (Å²) in [5.74, 6) is 0. The fraction of sp³-hybridized carbons (Fsp3) is 0.545. The Morgan fingerprint density at radius 1 is 0.536 bits per heavy atom. The van der Waals surface area contributed by atoms with Crippen molar-refractivity contribution < 1.29 is 0 Å². The Hall–Kier alpha value is -1.52. The zero-order valence-electron chi connectivity index (χ0n) is 16.6. The summed E-state index contributed by atoms with van der Waals surface area (Å²) in [4.78, 5) is 0. The van der Waals surface area contributed by atoms with Crippen molar-refractivity contribution in [3.05, 3.63) is 57.7 Å². The van der Waals surface area contributed by atoms with Crippen molar-refractivity contribution in [3.63, 3.8) is 0 Å². The van der Waals surface area contributed by atoms with Crippen LogP contribution >= 0.6 is 23.2 Å². The fourth-order valence-electron chi connectivity index (χ4n) is 3.38. The topological polar surface area (TPSA) is 57.6 Å². The van der Waals surface area contributed by atoms with Gasteiger partial charge in [0.05, 0.1) is 10.0 Å². The molecule has 0 aliphatic carbocycles. The molecule has 0 aliphatic heterocycles. The molecular formula is C22H32Cl2N4. The lowest BCUT2D eigenvalue weighted by molar-refractivity contribution is 0.514. The maximum absolute atomic E-state index is 7.86. The van der Waals surface area contributed by atoms with Crippen LogP contribution in [0.25, 0.3) is 0 Å². The first kappa shape index (κ1) is 22.8. The maximum Gasteiger partial charge on any atom is 0.124 e. The molecule has 0 spiro atoms. The van der Waals surface area contributed by atoms with Gasteiger partial charge >= 0.3 is 0 Å². The molecule has 2 heterocycles. The molecule has 28 heavy (non-hydrogen) atoms. The van der Waals surface area contributed by atoms with Crippen LogP contribution in [0.5, 0.6) is 0 Å². The molecule has 0 unspecified atom stereocenters. The second-order valence-corrected chi connectivity index (χ2v) is 8.26. The van der Waals surface area contributed by atoms with Gasteiger partial charge in [0.2, 0.25) is 0 Å². The predicted molar refractivity (Wildman–Crippen MR) is 117 cm³/mol. The first-order valence-electron chi connectivity index (χ1n) is 10.4. The minimum atomic E-state index is 0.525. The van der Waals surface area contributed by atoms with E-state index in [1.807, 2.05) is 21.5 Å². The first-order valence-corrected chi connectivity index (χ1v) is 11.1. The lowest BCUT2D eigenvalue weighted by atomic mass is 10.1. The van der Waals surface area contributed by atoms with Crippen LogP contribution in [0.3, 0.4) is 0 Å². The molecule has 0 saturated carbocycles. The van der Waals surface area contributed by atoms with Crippen LogP contribution in [0, 0.1) is 10.8 Å². The zero-order chi connectivity index (χ0) is 20.2. The van der Waals surface area contributed by atoms with E-state index in [1.165, 1.54) is 51.4 Å². The van der Waals surface area contributed by atoms with Crippen molar-refractivity contribution in [3.8, 4) is 0 Å². The second kappa shape index (κ2) is 12.8. The summed E-state index contributed by atoms with van der Waals surface area (Å²) < 4.78 is 3.85. The minimum absolute atomic E-state index is 0.525. The molecule has 2 aromatic rings. The number of unbranched alkanes of at least 4 members (excludes halogenated alkanes) is 9. The van der Waals surface area contributed by atoms with E-state index in [9.17, 15) is 0 Å². The summed E-state index contributed by atoms with van der Waals surface area (Å²) in [5.41, 5.74) is 1.05. The van der Waals surface area contributed by atoms with E-state index < -0.39 is 0 Å². The summed E-state index contributed by atoms with van der Waals surface area (Å²) >= 11 is 12.0. The molecule has 0 amide bonds. The van der Waals surface area contributed by atoms with Crippen LogP contribution in [0.15, 0.2) is 36.7 Å². The molecule has 0 bridgehead atoms. The number of halogens is 2. The Kier molecular flexibility index (Phi) is 10.4. The third-order valence-corrected chi connectivity index (χ3v) is 5.47. The fourth-order valence-corrected chi connectivity index (χ4v) is 3.74. The minimum Gasteiger partial charge on any atom is -0.332 e. The van der Waals surface area contributed by atoms with Crippen LogP contribution < -0.4 is 11.0 Å². The van der Waals surface area contributed by atoms with E-state index in [4.69, 9.17) is 34.0 Å². The van der Waals surface area contributed by atoms with Crippen LogP contribution in [0.4, 0.5) is 0 Å². The number of aryl methyl sites for hydroxylation is 2. The highest BCUT2D eigenvalue weighted by Gasteiger charge is 1.98. The van der Waals surface area contributed by atoms with Crippen molar-refractivity contribution in [2.45, 2.75) is 77.3 Å². The molecule has 0 radical (unpaired) electrons. The average Bonchev–Trinajstić information content (AvgIpc) is 2.67. The van der Waals surface area contributed by atoms with Gasteiger partial charge in [0, 0.05) is 25.5 Å². The van der Waals surface area contributed by atoms with Crippen molar-refractivity contribution in [1.82, 2.24) is 9.13 Å². The SMILES string of the molecule is N=c1ccc(Cl)cn1CCCCCCCCCCCCn1cc(Cl)ccc1=N. The molecule has 6 heteroatoms. The number of nitrogens with one attached hydrogen (secondary N) is 2. The van der Waals surface area contributed by atoms with Crippen LogP contribution in [-0.4, -0.2) is 9.13 Å². The van der Waals surface area contributed by atoms with Crippen molar-refractivity contribution in [2.75, 3.05) is 0 Å². The Labute approximate surface area is 178 Å². The number of hydrogen-bond acceptors (Lipinski definition) is 2. The molecule has 2 N–H and O–H groups in total. The number of nitrogens with zero attached hydrogens (tertiary/aromatic N) is 2. The molecule has 2 rings (SSSR count). The molecule has 154 valence electrons. The highest BCUT2D eigenvalue weighted by atomic mass is 35.5. The van der Waals surface area contributed by atoms with E-state index >= 15 is 0 Å². The Morgan fingerprint density at radius 3 is 1.21 bits per heavy atom. The van der Waals surface area contributed by atoms with Crippen molar-refractivity contribution in [1.29, 1.82) is 10.8 Å². The number of rotatable bonds is 13. The van der Waals surface area contributed by atoms with Crippen LogP contribution in [0.2, 0.25) is 10.0 Å². The van der Waals surface area contributed by atoms with Gasteiger partial charge in [0.1, 0.15) is 11.0 Å². The van der Waals surface area contributed by atoms with E-state index in [2.05, 4.69) is 0 Å². The predicted octanol–water partition coefficient (Wildman–Crippen LogP) is 6.16. The van der Waals surface area contributed by atoms with Gasteiger partial charge < -0.3 is 9.13 Å². The number of pyridine rings is 2. The third-order valence-electron chi connectivity index (χ3n) is 5.03. The average molecular weight is 423 g/mol. The largest absolute Gasteiger partial charge is 0.332 e. The van der Waals surface area contributed by atoms with Gasteiger partial charge in [-0.1, -0.05) is 74.6 Å². The lowest BCUT2D eigenvalue weighted by Gasteiger charge is -2.08. The summed E-state index contributed by atoms with van der Waals surface area (Å²) in [5, 5.41) is 17.1. The van der Waals surface area contributed by atoms with Crippen LogP contribution in [0.1, 0.15) is 64.2 Å².